The fraction of sp³-hybridized carbons (Fsp3) is 0.118. The van der Waals surface area contributed by atoms with Gasteiger partial charge in [-0.25, -0.2) is 0 Å². The Morgan fingerprint density at radius 3 is 2.62 bits per heavy atom. The number of nitrogens with one attached hydrogen (secondary N) is 1. The zero-order valence-corrected chi connectivity index (χ0v) is 12.2. The molecule has 0 unspecified atom stereocenters. The Morgan fingerprint density at radius 2 is 1.81 bits per heavy atom. The molecular formula is C17H15ClN2O. The second-order valence-electron chi connectivity index (χ2n) is 4.57. The van der Waals surface area contributed by atoms with Crippen molar-refractivity contribution >= 4 is 28.2 Å². The fourth-order valence-electron chi connectivity index (χ4n) is 2.12. The van der Waals surface area contributed by atoms with E-state index in [0.29, 0.717) is 5.88 Å². The van der Waals surface area contributed by atoms with Crippen molar-refractivity contribution in [2.45, 2.75) is 0 Å². The number of para-hydroxylation sites is 1. The Labute approximate surface area is 128 Å². The maximum Gasteiger partial charge on any atom is 0.138 e. The van der Waals surface area contributed by atoms with Crippen LogP contribution in [0.4, 0.5) is 5.69 Å². The third-order valence-corrected chi connectivity index (χ3v) is 3.30. The van der Waals surface area contributed by atoms with Crippen LogP contribution < -0.4 is 10.1 Å². The minimum atomic E-state index is 0.585. The largest absolute Gasteiger partial charge is 0.457 e. The summed E-state index contributed by atoms with van der Waals surface area (Å²) in [4.78, 5) is 4.33. The van der Waals surface area contributed by atoms with Crippen LogP contribution in [0.25, 0.3) is 10.9 Å². The van der Waals surface area contributed by atoms with Gasteiger partial charge in [-0.3, -0.25) is 4.98 Å². The second-order valence-corrected chi connectivity index (χ2v) is 4.95. The number of alkyl halides is 1. The van der Waals surface area contributed by atoms with Gasteiger partial charge in [-0.1, -0.05) is 12.1 Å². The molecule has 3 rings (SSSR count). The Bertz CT molecular complexity index is 723. The van der Waals surface area contributed by atoms with Gasteiger partial charge >= 0.3 is 0 Å². The molecule has 0 atom stereocenters. The smallest absolute Gasteiger partial charge is 0.138 e. The third-order valence-electron chi connectivity index (χ3n) is 3.11. The number of rotatable bonds is 5. The summed E-state index contributed by atoms with van der Waals surface area (Å²) in [7, 11) is 0. The summed E-state index contributed by atoms with van der Waals surface area (Å²) in [6.07, 6.45) is 1.76. The van der Waals surface area contributed by atoms with E-state index < -0.39 is 0 Å². The van der Waals surface area contributed by atoms with Crippen molar-refractivity contribution in [2.75, 3.05) is 17.7 Å². The summed E-state index contributed by atoms with van der Waals surface area (Å²) < 4.78 is 5.96. The Morgan fingerprint density at radius 1 is 1.00 bits per heavy atom. The lowest BCUT2D eigenvalue weighted by molar-refractivity contribution is 0.488. The molecule has 0 fully saturated rings. The van der Waals surface area contributed by atoms with E-state index in [0.717, 1.165) is 34.6 Å². The highest BCUT2D eigenvalue weighted by Crippen LogP contribution is 2.29. The summed E-state index contributed by atoms with van der Waals surface area (Å²) in [5, 5.41) is 4.22. The molecule has 1 N–H and O–H groups in total. The van der Waals surface area contributed by atoms with Gasteiger partial charge in [0.25, 0.3) is 0 Å². The van der Waals surface area contributed by atoms with Crippen LogP contribution in [0.1, 0.15) is 0 Å². The van der Waals surface area contributed by atoms with E-state index >= 15 is 0 Å². The van der Waals surface area contributed by atoms with E-state index in [1.165, 1.54) is 0 Å². The van der Waals surface area contributed by atoms with Crippen molar-refractivity contribution in [1.29, 1.82) is 0 Å². The van der Waals surface area contributed by atoms with Gasteiger partial charge in [0.1, 0.15) is 11.5 Å². The van der Waals surface area contributed by atoms with E-state index in [1.807, 2.05) is 54.6 Å². The van der Waals surface area contributed by atoms with Crippen molar-refractivity contribution in [3.05, 3.63) is 60.8 Å². The van der Waals surface area contributed by atoms with Gasteiger partial charge in [0.2, 0.25) is 0 Å². The van der Waals surface area contributed by atoms with E-state index in [2.05, 4.69) is 10.3 Å². The normalized spacial score (nSPS) is 10.5. The predicted molar refractivity (Wildman–Crippen MR) is 87.5 cm³/mol. The van der Waals surface area contributed by atoms with Gasteiger partial charge in [0.05, 0.1) is 5.52 Å². The number of fused-ring (bicyclic) bond motifs is 1. The number of ether oxygens (including phenoxy) is 1. The average Bonchev–Trinajstić information content (AvgIpc) is 2.55. The number of hydrogen-bond acceptors (Lipinski definition) is 3. The Kier molecular flexibility index (Phi) is 4.22. The standard InChI is InChI=1S/C17H15ClN2O/c18-10-12-19-13-5-7-14(8-6-13)21-17-9-11-20-16-4-2-1-3-15(16)17/h1-9,11,19H,10,12H2. The molecule has 0 spiro atoms. The van der Waals surface area contributed by atoms with Crippen LogP contribution in [0, 0.1) is 0 Å². The van der Waals surface area contributed by atoms with E-state index in [1.54, 1.807) is 6.20 Å². The van der Waals surface area contributed by atoms with E-state index in [9.17, 15) is 0 Å². The van der Waals surface area contributed by atoms with Crippen LogP contribution >= 0.6 is 11.6 Å². The van der Waals surface area contributed by atoms with Gasteiger partial charge in [-0.15, -0.1) is 11.6 Å². The number of hydrogen-bond donors (Lipinski definition) is 1. The molecule has 0 amide bonds. The predicted octanol–water partition coefficient (Wildman–Crippen LogP) is 4.68. The van der Waals surface area contributed by atoms with Crippen LogP contribution in [0.5, 0.6) is 11.5 Å². The van der Waals surface area contributed by atoms with Gasteiger partial charge < -0.3 is 10.1 Å². The molecule has 3 aromatic rings. The summed E-state index contributed by atoms with van der Waals surface area (Å²) in [5.41, 5.74) is 1.96. The monoisotopic (exact) mass is 298 g/mol. The van der Waals surface area contributed by atoms with Gasteiger partial charge in [-0.05, 0) is 42.5 Å². The number of halogens is 1. The number of anilines is 1. The van der Waals surface area contributed by atoms with E-state index in [4.69, 9.17) is 16.3 Å². The molecule has 0 aliphatic carbocycles. The minimum Gasteiger partial charge on any atom is -0.457 e. The molecule has 2 aromatic carbocycles. The van der Waals surface area contributed by atoms with Gasteiger partial charge in [0, 0.05) is 29.7 Å². The quantitative estimate of drug-likeness (QED) is 0.695. The molecule has 1 aromatic heterocycles. The maximum atomic E-state index is 5.96. The van der Waals surface area contributed by atoms with Crippen LogP contribution in [0.2, 0.25) is 0 Å². The van der Waals surface area contributed by atoms with E-state index in [-0.39, 0.29) is 0 Å². The highest BCUT2D eigenvalue weighted by atomic mass is 35.5. The maximum absolute atomic E-state index is 5.96. The number of pyridine rings is 1. The molecule has 0 aliphatic heterocycles. The average molecular weight is 299 g/mol. The summed E-state index contributed by atoms with van der Waals surface area (Å²) in [5.74, 6) is 2.19. The fourth-order valence-corrected chi connectivity index (χ4v) is 2.21. The van der Waals surface area contributed by atoms with Crippen molar-refractivity contribution < 1.29 is 4.74 Å². The highest BCUT2D eigenvalue weighted by molar-refractivity contribution is 6.18. The molecule has 21 heavy (non-hydrogen) atoms. The molecule has 3 nitrogen and oxygen atoms in total. The van der Waals surface area contributed by atoms with Gasteiger partial charge in [0.15, 0.2) is 0 Å². The zero-order chi connectivity index (χ0) is 14.5. The van der Waals surface area contributed by atoms with Gasteiger partial charge in [-0.2, -0.15) is 0 Å². The number of nitrogens with zero attached hydrogens (tertiary/aromatic N) is 1. The second kappa shape index (κ2) is 6.46. The lowest BCUT2D eigenvalue weighted by Gasteiger charge is -2.09. The third kappa shape index (κ3) is 3.26. The van der Waals surface area contributed by atoms with Crippen molar-refractivity contribution in [3.8, 4) is 11.5 Å². The summed E-state index contributed by atoms with van der Waals surface area (Å²) >= 11 is 5.65. The molecule has 0 radical (unpaired) electrons. The number of aromatic nitrogens is 1. The molecule has 1 heterocycles. The topological polar surface area (TPSA) is 34.1 Å². The first-order chi connectivity index (χ1) is 10.4. The molecule has 4 heteroatoms. The Balaban J connectivity index is 1.82. The molecular weight excluding hydrogens is 284 g/mol. The molecule has 0 bridgehead atoms. The van der Waals surface area contributed by atoms with Crippen LogP contribution in [0.15, 0.2) is 60.8 Å². The van der Waals surface area contributed by atoms with Crippen LogP contribution in [-0.2, 0) is 0 Å². The van der Waals surface area contributed by atoms with Crippen molar-refractivity contribution in [2.24, 2.45) is 0 Å². The minimum absolute atomic E-state index is 0.585. The Hall–Kier alpha value is -2.26. The van der Waals surface area contributed by atoms with Crippen molar-refractivity contribution in [1.82, 2.24) is 4.98 Å². The molecule has 106 valence electrons. The lowest BCUT2D eigenvalue weighted by Crippen LogP contribution is -2.01. The highest BCUT2D eigenvalue weighted by Gasteiger charge is 2.03. The summed E-state index contributed by atoms with van der Waals surface area (Å²) in [6.45, 7) is 0.747. The number of benzene rings is 2. The molecule has 0 aliphatic rings. The first kappa shape index (κ1) is 13.7. The molecule has 0 saturated heterocycles. The SMILES string of the molecule is ClCCNc1ccc(Oc2ccnc3ccccc23)cc1. The van der Waals surface area contributed by atoms with Crippen molar-refractivity contribution in [3.63, 3.8) is 0 Å². The molecule has 0 saturated carbocycles. The summed E-state index contributed by atoms with van der Waals surface area (Å²) in [6, 6.07) is 17.6. The van der Waals surface area contributed by atoms with Crippen LogP contribution in [0.3, 0.4) is 0 Å². The zero-order valence-electron chi connectivity index (χ0n) is 11.4. The first-order valence-electron chi connectivity index (χ1n) is 6.78. The first-order valence-corrected chi connectivity index (χ1v) is 7.32. The lowest BCUT2D eigenvalue weighted by atomic mass is 10.2. The van der Waals surface area contributed by atoms with Crippen LogP contribution in [-0.4, -0.2) is 17.4 Å².